The van der Waals surface area contributed by atoms with Crippen LogP contribution < -0.4 is 5.73 Å². The molecule has 0 spiro atoms. The van der Waals surface area contributed by atoms with Crippen LogP contribution in [0.4, 0.5) is 0 Å². The largest absolute Gasteiger partial charge is 0.465 e. The molecule has 0 bridgehead atoms. The first kappa shape index (κ1) is 15.7. The van der Waals surface area contributed by atoms with Gasteiger partial charge in [0.2, 0.25) is 0 Å². The van der Waals surface area contributed by atoms with Crippen LogP contribution in [0.15, 0.2) is 0 Å². The molecule has 0 aromatic carbocycles. The third-order valence-electron chi connectivity index (χ3n) is 1.74. The van der Waals surface area contributed by atoms with Crippen molar-refractivity contribution in [2.45, 2.75) is 19.4 Å². The van der Waals surface area contributed by atoms with E-state index in [1.54, 1.807) is 13.8 Å². The highest BCUT2D eigenvalue weighted by Gasteiger charge is 2.29. The fraction of sp³-hybridized carbons (Fsp3) is 0.889. The second-order valence-corrected chi connectivity index (χ2v) is 7.19. The number of sulfone groups is 1. The molecule has 0 amide bonds. The number of carbonyl (C=O) groups excluding carboxylic acids is 1. The lowest BCUT2D eigenvalue weighted by Crippen LogP contribution is -2.48. The number of thioether (sulfide) groups is 1. The van der Waals surface area contributed by atoms with Crippen LogP contribution in [0.5, 0.6) is 0 Å². The van der Waals surface area contributed by atoms with E-state index in [0.29, 0.717) is 18.1 Å². The second-order valence-electron chi connectivity index (χ2n) is 3.82. The fourth-order valence-corrected chi connectivity index (χ4v) is 3.22. The van der Waals surface area contributed by atoms with E-state index >= 15 is 0 Å². The summed E-state index contributed by atoms with van der Waals surface area (Å²) in [7, 11) is -2.95. The molecule has 0 radical (unpaired) electrons. The predicted octanol–water partition coefficient (Wildman–Crippen LogP) is 0.0447. The monoisotopic (exact) mass is 269 g/mol. The van der Waals surface area contributed by atoms with Crippen LogP contribution in [0, 0.1) is 0 Å². The Labute approximate surface area is 101 Å². The van der Waals surface area contributed by atoms with E-state index < -0.39 is 21.3 Å². The van der Waals surface area contributed by atoms with Crippen LogP contribution in [-0.4, -0.2) is 50.0 Å². The van der Waals surface area contributed by atoms with Gasteiger partial charge in [0, 0.05) is 17.8 Å². The summed E-state index contributed by atoms with van der Waals surface area (Å²) < 4.78 is 26.5. The molecule has 1 atom stereocenters. The van der Waals surface area contributed by atoms with Gasteiger partial charge in [-0.3, -0.25) is 4.79 Å². The van der Waals surface area contributed by atoms with Crippen molar-refractivity contribution >= 4 is 27.6 Å². The van der Waals surface area contributed by atoms with Crippen LogP contribution in [0.3, 0.4) is 0 Å². The minimum absolute atomic E-state index is 0.0938. The molecule has 0 rings (SSSR count). The van der Waals surface area contributed by atoms with Gasteiger partial charge < -0.3 is 10.5 Å². The molecule has 0 aromatic heterocycles. The molecule has 0 aliphatic carbocycles. The van der Waals surface area contributed by atoms with Gasteiger partial charge in [0.25, 0.3) is 0 Å². The number of nitrogens with two attached hydrogens (primary N) is 1. The molecule has 0 aliphatic rings. The van der Waals surface area contributed by atoms with Crippen molar-refractivity contribution in [3.63, 3.8) is 0 Å². The van der Waals surface area contributed by atoms with Gasteiger partial charge in [-0.15, -0.1) is 0 Å². The first-order valence-electron chi connectivity index (χ1n) is 4.90. The Balaban J connectivity index is 3.96. The van der Waals surface area contributed by atoms with Crippen molar-refractivity contribution in [3.05, 3.63) is 0 Å². The fourth-order valence-electron chi connectivity index (χ4n) is 0.849. The SMILES string of the molecule is CCOC(=O)C(C)(N)CSCCS(C)(=O)=O. The maximum absolute atomic E-state index is 11.4. The van der Waals surface area contributed by atoms with E-state index in [1.807, 2.05) is 0 Å². The lowest BCUT2D eigenvalue weighted by Gasteiger charge is -2.21. The minimum Gasteiger partial charge on any atom is -0.465 e. The Morgan fingerprint density at radius 1 is 1.50 bits per heavy atom. The van der Waals surface area contributed by atoms with E-state index in [-0.39, 0.29) is 5.75 Å². The third-order valence-corrected chi connectivity index (χ3v) is 4.24. The Morgan fingerprint density at radius 3 is 2.50 bits per heavy atom. The van der Waals surface area contributed by atoms with Gasteiger partial charge in [0.15, 0.2) is 0 Å². The number of hydrogen-bond donors (Lipinski definition) is 1. The molecule has 16 heavy (non-hydrogen) atoms. The van der Waals surface area contributed by atoms with E-state index in [9.17, 15) is 13.2 Å². The second kappa shape index (κ2) is 6.46. The molecular formula is C9H19NO4S2. The Morgan fingerprint density at radius 2 is 2.06 bits per heavy atom. The van der Waals surface area contributed by atoms with Gasteiger partial charge in [0.1, 0.15) is 15.4 Å². The number of esters is 1. The van der Waals surface area contributed by atoms with Crippen molar-refractivity contribution in [3.8, 4) is 0 Å². The van der Waals surface area contributed by atoms with Crippen LogP contribution in [0.25, 0.3) is 0 Å². The molecule has 0 aliphatic heterocycles. The maximum atomic E-state index is 11.4. The molecule has 0 saturated carbocycles. The van der Waals surface area contributed by atoms with Gasteiger partial charge in [-0.1, -0.05) is 0 Å². The highest BCUT2D eigenvalue weighted by Crippen LogP contribution is 2.12. The highest BCUT2D eigenvalue weighted by atomic mass is 32.2. The maximum Gasteiger partial charge on any atom is 0.326 e. The molecular weight excluding hydrogens is 250 g/mol. The quantitative estimate of drug-likeness (QED) is 0.519. The first-order valence-corrected chi connectivity index (χ1v) is 8.12. The van der Waals surface area contributed by atoms with Gasteiger partial charge in [0.05, 0.1) is 12.4 Å². The van der Waals surface area contributed by atoms with Crippen molar-refractivity contribution in [2.75, 3.05) is 30.1 Å². The normalized spacial score (nSPS) is 15.5. The number of carbonyl (C=O) groups is 1. The summed E-state index contributed by atoms with van der Waals surface area (Å²) >= 11 is 1.34. The molecule has 0 heterocycles. The van der Waals surface area contributed by atoms with Crippen molar-refractivity contribution in [1.29, 1.82) is 0 Å². The lowest BCUT2D eigenvalue weighted by molar-refractivity contribution is -0.148. The van der Waals surface area contributed by atoms with Crippen molar-refractivity contribution < 1.29 is 17.9 Å². The lowest BCUT2D eigenvalue weighted by atomic mass is 10.1. The average Bonchev–Trinajstić information content (AvgIpc) is 2.11. The van der Waals surface area contributed by atoms with Crippen LogP contribution >= 0.6 is 11.8 Å². The summed E-state index contributed by atoms with van der Waals surface area (Å²) in [5, 5.41) is 0. The molecule has 0 aromatic rings. The predicted molar refractivity (Wildman–Crippen MR) is 66.3 cm³/mol. The van der Waals surface area contributed by atoms with Gasteiger partial charge >= 0.3 is 5.97 Å². The number of rotatable bonds is 7. The first-order chi connectivity index (χ1) is 7.19. The topological polar surface area (TPSA) is 86.5 Å². The molecule has 0 saturated heterocycles. The van der Waals surface area contributed by atoms with Crippen molar-refractivity contribution in [2.24, 2.45) is 5.73 Å². The molecule has 7 heteroatoms. The third kappa shape index (κ3) is 7.08. The van der Waals surface area contributed by atoms with Gasteiger partial charge in [-0.05, 0) is 13.8 Å². The van der Waals surface area contributed by atoms with Crippen LogP contribution in [0.1, 0.15) is 13.8 Å². The molecule has 1 unspecified atom stereocenters. The molecule has 96 valence electrons. The molecule has 0 fully saturated rings. The number of ether oxygens (including phenoxy) is 1. The van der Waals surface area contributed by atoms with Gasteiger partial charge in [-0.2, -0.15) is 11.8 Å². The minimum atomic E-state index is -2.95. The highest BCUT2D eigenvalue weighted by molar-refractivity contribution is 8.00. The van der Waals surface area contributed by atoms with E-state index in [1.165, 1.54) is 18.0 Å². The summed E-state index contributed by atoms with van der Waals surface area (Å²) in [6.07, 6.45) is 1.18. The number of hydrogen-bond acceptors (Lipinski definition) is 6. The standard InChI is InChI=1S/C9H19NO4S2/c1-4-14-8(11)9(2,10)7-15-5-6-16(3,12)13/h4-7,10H2,1-3H3. The summed E-state index contributed by atoms with van der Waals surface area (Å²) in [6, 6.07) is 0. The van der Waals surface area contributed by atoms with Crippen LogP contribution in [0.2, 0.25) is 0 Å². The summed E-state index contributed by atoms with van der Waals surface area (Å²) in [6.45, 7) is 3.59. The summed E-state index contributed by atoms with van der Waals surface area (Å²) in [5.74, 6) is 0.421. The summed E-state index contributed by atoms with van der Waals surface area (Å²) in [4.78, 5) is 11.4. The zero-order chi connectivity index (χ0) is 12.8. The van der Waals surface area contributed by atoms with Crippen molar-refractivity contribution in [1.82, 2.24) is 0 Å². The van der Waals surface area contributed by atoms with E-state index in [2.05, 4.69) is 0 Å². The average molecular weight is 269 g/mol. The Kier molecular flexibility index (Phi) is 6.35. The van der Waals surface area contributed by atoms with Crippen LogP contribution in [-0.2, 0) is 19.4 Å². The van der Waals surface area contributed by atoms with E-state index in [4.69, 9.17) is 10.5 Å². The smallest absolute Gasteiger partial charge is 0.326 e. The Bertz CT molecular complexity index is 324. The zero-order valence-corrected chi connectivity index (χ0v) is 11.5. The van der Waals surface area contributed by atoms with E-state index in [0.717, 1.165) is 0 Å². The zero-order valence-electron chi connectivity index (χ0n) is 9.86. The Hall–Kier alpha value is -0.270. The van der Waals surface area contributed by atoms with Gasteiger partial charge in [-0.25, -0.2) is 8.42 Å². The molecule has 5 nitrogen and oxygen atoms in total. The molecule has 2 N–H and O–H groups in total. The summed E-state index contributed by atoms with van der Waals surface area (Å²) in [5.41, 5.74) is 4.69.